The maximum Gasteiger partial charge on any atom is 0.185 e. The van der Waals surface area contributed by atoms with E-state index in [1.165, 1.54) is 0 Å². The Bertz CT molecular complexity index is 228. The van der Waals surface area contributed by atoms with Gasteiger partial charge < -0.3 is 14.2 Å². The summed E-state index contributed by atoms with van der Waals surface area (Å²) in [5.41, 5.74) is 8.19. The molecule has 0 N–H and O–H groups in total. The number of rotatable bonds is 2. The first kappa shape index (κ1) is 7.82. The predicted molar refractivity (Wildman–Crippen MR) is 38.3 cm³/mol. The fourth-order valence-electron chi connectivity index (χ4n) is 1.42. The zero-order valence-electron chi connectivity index (χ0n) is 6.58. The second-order valence-corrected chi connectivity index (χ2v) is 2.78. The molecule has 0 saturated carbocycles. The molecular weight excluding hydrogens is 162 g/mol. The van der Waals surface area contributed by atoms with Gasteiger partial charge in [0.25, 0.3) is 0 Å². The average Bonchev–Trinajstić information content (AvgIpc) is 2.85. The van der Waals surface area contributed by atoms with Crippen molar-refractivity contribution in [2.45, 2.75) is 24.5 Å². The molecule has 0 aromatic rings. The van der Waals surface area contributed by atoms with Crippen LogP contribution in [0.25, 0.3) is 10.4 Å². The second kappa shape index (κ2) is 2.91. The van der Waals surface area contributed by atoms with Crippen molar-refractivity contribution in [2.24, 2.45) is 5.11 Å². The molecule has 0 aromatic carbocycles. The lowest BCUT2D eigenvalue weighted by Crippen LogP contribution is -2.37. The molecule has 2 saturated heterocycles. The molecule has 0 unspecified atom stereocenters. The molecule has 6 heteroatoms. The molecule has 2 rings (SSSR count). The van der Waals surface area contributed by atoms with Crippen LogP contribution in [0.15, 0.2) is 5.11 Å². The molecule has 0 amide bonds. The van der Waals surface area contributed by atoms with Crippen LogP contribution in [-0.2, 0) is 14.2 Å². The van der Waals surface area contributed by atoms with E-state index in [4.69, 9.17) is 19.7 Å². The lowest BCUT2D eigenvalue weighted by molar-refractivity contribution is -0.144. The molecule has 2 aliphatic heterocycles. The predicted octanol–water partition coefficient (Wildman–Crippen LogP) is 0.435. The van der Waals surface area contributed by atoms with Crippen molar-refractivity contribution in [1.29, 1.82) is 0 Å². The van der Waals surface area contributed by atoms with E-state index in [0.29, 0.717) is 6.61 Å². The van der Waals surface area contributed by atoms with Crippen LogP contribution in [0, 0.1) is 0 Å². The smallest absolute Gasteiger partial charge is 0.185 e. The van der Waals surface area contributed by atoms with Gasteiger partial charge in [0.15, 0.2) is 6.29 Å². The summed E-state index contributed by atoms with van der Waals surface area (Å²) < 4.78 is 15.5. The quantitative estimate of drug-likeness (QED) is 0.261. The van der Waals surface area contributed by atoms with Crippen LogP contribution >= 0.6 is 0 Å². The first-order valence-electron chi connectivity index (χ1n) is 3.71. The number of nitrogens with zero attached hydrogens (tertiary/aromatic N) is 3. The highest BCUT2D eigenvalue weighted by molar-refractivity contribution is 5.00. The van der Waals surface area contributed by atoms with E-state index in [1.807, 2.05) is 0 Å². The highest BCUT2D eigenvalue weighted by Crippen LogP contribution is 2.36. The molecule has 0 bridgehead atoms. The molecule has 66 valence electrons. The molecule has 0 aliphatic carbocycles. The van der Waals surface area contributed by atoms with Crippen LogP contribution < -0.4 is 0 Å². The summed E-state index contributed by atoms with van der Waals surface area (Å²) in [7, 11) is 1.57. The third-order valence-corrected chi connectivity index (χ3v) is 2.07. The van der Waals surface area contributed by atoms with E-state index < -0.39 is 0 Å². The van der Waals surface area contributed by atoms with E-state index in [1.54, 1.807) is 7.11 Å². The van der Waals surface area contributed by atoms with Gasteiger partial charge in [0.05, 0.1) is 12.6 Å². The van der Waals surface area contributed by atoms with E-state index in [-0.39, 0.29) is 24.5 Å². The van der Waals surface area contributed by atoms with Crippen LogP contribution in [0.1, 0.15) is 0 Å². The largest absolute Gasteiger partial charge is 0.364 e. The maximum atomic E-state index is 8.19. The second-order valence-electron chi connectivity index (χ2n) is 2.78. The standard InChI is InChI=1S/C6H9N3O3/c1-10-6-5-4(12-5)3(2-11-6)8-9-7/h3-6H,2H2,1H3/t3-,4+,5+,6+/m1/s1. The first-order chi connectivity index (χ1) is 5.86. The Morgan fingerprint density at radius 1 is 1.58 bits per heavy atom. The molecule has 12 heavy (non-hydrogen) atoms. The first-order valence-corrected chi connectivity index (χ1v) is 3.71. The summed E-state index contributed by atoms with van der Waals surface area (Å²) in [6.07, 6.45) is -0.334. The fourth-order valence-corrected chi connectivity index (χ4v) is 1.42. The van der Waals surface area contributed by atoms with Gasteiger partial charge in [-0.05, 0) is 5.53 Å². The molecule has 4 atom stereocenters. The van der Waals surface area contributed by atoms with Gasteiger partial charge in [0.1, 0.15) is 12.2 Å². The molecule has 0 aromatic heterocycles. The van der Waals surface area contributed by atoms with Crippen molar-refractivity contribution in [2.75, 3.05) is 13.7 Å². The van der Waals surface area contributed by atoms with Crippen LogP contribution in [0.4, 0.5) is 0 Å². The van der Waals surface area contributed by atoms with Crippen molar-refractivity contribution in [3.63, 3.8) is 0 Å². The number of epoxide rings is 1. The van der Waals surface area contributed by atoms with E-state index in [0.717, 1.165) is 0 Å². The number of fused-ring (bicyclic) bond motifs is 1. The zero-order chi connectivity index (χ0) is 8.55. The Morgan fingerprint density at radius 2 is 2.42 bits per heavy atom. The monoisotopic (exact) mass is 171 g/mol. The molecule has 2 heterocycles. The summed E-state index contributed by atoms with van der Waals surface area (Å²) >= 11 is 0. The molecule has 2 aliphatic rings. The molecule has 0 radical (unpaired) electrons. The molecule has 2 fully saturated rings. The van der Waals surface area contributed by atoms with Gasteiger partial charge in [0.2, 0.25) is 0 Å². The minimum Gasteiger partial charge on any atom is -0.364 e. The summed E-state index contributed by atoms with van der Waals surface area (Å²) in [4.78, 5) is 2.71. The fraction of sp³-hybridized carbons (Fsp3) is 1.00. The summed E-state index contributed by atoms with van der Waals surface area (Å²) in [5, 5.41) is 3.55. The molecule has 6 nitrogen and oxygen atoms in total. The highest BCUT2D eigenvalue weighted by Gasteiger charge is 2.54. The highest BCUT2D eigenvalue weighted by atomic mass is 16.7. The third-order valence-electron chi connectivity index (χ3n) is 2.07. The maximum absolute atomic E-state index is 8.19. The van der Waals surface area contributed by atoms with Crippen molar-refractivity contribution in [3.8, 4) is 0 Å². The van der Waals surface area contributed by atoms with Crippen molar-refractivity contribution < 1.29 is 14.2 Å². The van der Waals surface area contributed by atoms with Gasteiger partial charge in [-0.25, -0.2) is 0 Å². The van der Waals surface area contributed by atoms with E-state index in [2.05, 4.69) is 10.0 Å². The summed E-state index contributed by atoms with van der Waals surface area (Å²) in [5.74, 6) is 0. The minimum absolute atomic E-state index is 0.000370. The van der Waals surface area contributed by atoms with E-state index in [9.17, 15) is 0 Å². The Balaban J connectivity index is 1.98. The number of azide groups is 1. The topological polar surface area (TPSA) is 79.8 Å². The average molecular weight is 171 g/mol. The van der Waals surface area contributed by atoms with Crippen LogP contribution in [0.5, 0.6) is 0 Å². The van der Waals surface area contributed by atoms with Gasteiger partial charge in [-0.3, -0.25) is 0 Å². The van der Waals surface area contributed by atoms with Crippen LogP contribution in [0.2, 0.25) is 0 Å². The third kappa shape index (κ3) is 1.15. The van der Waals surface area contributed by atoms with Crippen LogP contribution in [0.3, 0.4) is 0 Å². The van der Waals surface area contributed by atoms with Gasteiger partial charge in [-0.2, -0.15) is 0 Å². The van der Waals surface area contributed by atoms with E-state index >= 15 is 0 Å². The Kier molecular flexibility index (Phi) is 1.90. The SMILES string of the molecule is CO[C@H]1OC[C@@H](N=[N+]=[N-])[C@@H]2O[C@H]12. The summed E-state index contributed by atoms with van der Waals surface area (Å²) in [6, 6.07) is -0.189. The number of hydrogen-bond donors (Lipinski definition) is 0. The van der Waals surface area contributed by atoms with Crippen molar-refractivity contribution >= 4 is 0 Å². The van der Waals surface area contributed by atoms with Gasteiger partial charge >= 0.3 is 0 Å². The normalized spacial score (nSPS) is 44.4. The zero-order valence-corrected chi connectivity index (χ0v) is 6.58. The van der Waals surface area contributed by atoms with Gasteiger partial charge in [-0.15, -0.1) is 0 Å². The van der Waals surface area contributed by atoms with Gasteiger partial charge in [0, 0.05) is 12.0 Å². The number of methoxy groups -OCH3 is 1. The number of hydrogen-bond acceptors (Lipinski definition) is 4. The Hall–Kier alpha value is -0.810. The van der Waals surface area contributed by atoms with Crippen LogP contribution in [-0.4, -0.2) is 38.3 Å². The Morgan fingerprint density at radius 3 is 3.08 bits per heavy atom. The Labute approximate surface area is 69.0 Å². The van der Waals surface area contributed by atoms with Gasteiger partial charge in [-0.1, -0.05) is 5.11 Å². The minimum atomic E-state index is -0.292. The lowest BCUT2D eigenvalue weighted by Gasteiger charge is -2.20. The molecular formula is C6H9N3O3. The summed E-state index contributed by atoms with van der Waals surface area (Å²) in [6.45, 7) is 0.379. The van der Waals surface area contributed by atoms with Crippen molar-refractivity contribution in [3.05, 3.63) is 10.4 Å². The number of ether oxygens (including phenoxy) is 3. The lowest BCUT2D eigenvalue weighted by atomic mass is 10.1. The molecule has 0 spiro atoms. The van der Waals surface area contributed by atoms with Crippen molar-refractivity contribution in [1.82, 2.24) is 0 Å².